The second-order valence-corrected chi connectivity index (χ2v) is 11.5. The largest absolute Gasteiger partial charge is 0.331 e. The first-order valence-corrected chi connectivity index (χ1v) is 13.9. The molecule has 1 amide bonds. The van der Waals surface area contributed by atoms with Gasteiger partial charge in [-0.05, 0) is 67.5 Å². The summed E-state index contributed by atoms with van der Waals surface area (Å²) in [5.41, 5.74) is 7.32. The lowest BCUT2D eigenvalue weighted by atomic mass is 9.99. The van der Waals surface area contributed by atoms with E-state index in [1.54, 1.807) is 29.2 Å². The number of sulfonamides is 1. The average Bonchev–Trinajstić information content (AvgIpc) is 3.30. The van der Waals surface area contributed by atoms with Crippen molar-refractivity contribution in [2.45, 2.75) is 62.9 Å². The van der Waals surface area contributed by atoms with Crippen LogP contribution in [0.1, 0.15) is 44.2 Å². The van der Waals surface area contributed by atoms with E-state index in [-0.39, 0.29) is 28.9 Å². The van der Waals surface area contributed by atoms with Gasteiger partial charge in [0.2, 0.25) is 15.9 Å². The van der Waals surface area contributed by atoms with Gasteiger partial charge in [0, 0.05) is 18.0 Å². The number of carbonyl (C=O) groups is 2. The first kappa shape index (κ1) is 27.3. The number of likely N-dealkylation sites (tertiary alicyclic amines) is 1. The Labute approximate surface area is 213 Å². The van der Waals surface area contributed by atoms with Gasteiger partial charge >= 0.3 is 0 Å². The number of ketones is 1. The van der Waals surface area contributed by atoms with Gasteiger partial charge in [-0.1, -0.05) is 55.8 Å². The minimum atomic E-state index is -3.89. The predicted molar refractivity (Wildman–Crippen MR) is 138 cm³/mol. The molecule has 7 nitrogen and oxygen atoms in total. The number of Topliss-reactive ketones (excluding diaryl/α,β-unsaturated/α-hetero) is 1. The molecule has 9 heteroatoms. The van der Waals surface area contributed by atoms with Gasteiger partial charge in [0.25, 0.3) is 0 Å². The predicted octanol–water partition coefficient (Wildman–Crippen LogP) is 3.34. The highest BCUT2D eigenvalue weighted by Gasteiger charge is 2.38. The fourth-order valence-corrected chi connectivity index (χ4v) is 5.99. The van der Waals surface area contributed by atoms with E-state index >= 15 is 0 Å². The Kier molecular flexibility index (Phi) is 9.47. The quantitative estimate of drug-likeness (QED) is 0.473. The molecular formula is C26H34ClN3O4S. The number of carbonyl (C=O) groups excluding carboxylic acids is 2. The maximum atomic E-state index is 13.5. The zero-order valence-electron chi connectivity index (χ0n) is 20.2. The number of rotatable bonds is 11. The first-order valence-electron chi connectivity index (χ1n) is 12.0. The van der Waals surface area contributed by atoms with E-state index in [0.29, 0.717) is 43.8 Å². The lowest BCUT2D eigenvalue weighted by molar-refractivity contribution is -0.139. The summed E-state index contributed by atoms with van der Waals surface area (Å²) in [6, 6.07) is 12.0. The zero-order valence-corrected chi connectivity index (χ0v) is 21.8. The molecular weight excluding hydrogens is 486 g/mol. The maximum Gasteiger partial charge on any atom is 0.241 e. The molecule has 3 N–H and O–H groups in total. The SMILES string of the molecule is CC(C)C[C@@H](NS(=O)(=O)c1ccccc1)C(=O)N1CCC[C@H]1C(=O)Cc1ccc(CCN)c(Cl)c1. The number of nitrogens with one attached hydrogen (secondary N) is 1. The standard InChI is InChI=1S/C26H34ClN3O4S/c1-18(2)15-23(29-35(33,34)21-7-4-3-5-8-21)26(32)30-14-6-9-24(30)25(31)17-19-10-11-20(12-13-28)22(27)16-19/h3-5,7-8,10-11,16,18,23-24,29H,6,9,12-15,17,28H2,1-2H3/t23-,24+/m1/s1. The number of hydrogen-bond acceptors (Lipinski definition) is 5. The highest BCUT2D eigenvalue weighted by atomic mass is 35.5. The molecule has 0 radical (unpaired) electrons. The van der Waals surface area contributed by atoms with Crippen LogP contribution in [0, 0.1) is 5.92 Å². The third-order valence-electron chi connectivity index (χ3n) is 6.17. The van der Waals surface area contributed by atoms with Crippen molar-refractivity contribution in [3.8, 4) is 0 Å². The van der Waals surface area contributed by atoms with Crippen LogP contribution in [0.5, 0.6) is 0 Å². The van der Waals surface area contributed by atoms with Crippen molar-refractivity contribution in [2.75, 3.05) is 13.1 Å². The fourth-order valence-electron chi connectivity index (χ4n) is 4.47. The molecule has 35 heavy (non-hydrogen) atoms. The summed E-state index contributed by atoms with van der Waals surface area (Å²) in [4.78, 5) is 28.4. The molecule has 3 rings (SSSR count). The monoisotopic (exact) mass is 519 g/mol. The summed E-state index contributed by atoms with van der Waals surface area (Å²) in [6.07, 6.45) is 2.40. The van der Waals surface area contributed by atoms with Crippen molar-refractivity contribution in [3.63, 3.8) is 0 Å². The summed E-state index contributed by atoms with van der Waals surface area (Å²) >= 11 is 6.34. The minimum Gasteiger partial charge on any atom is -0.331 e. The molecule has 1 aliphatic heterocycles. The molecule has 0 unspecified atom stereocenters. The van der Waals surface area contributed by atoms with E-state index < -0.39 is 22.1 Å². The number of benzene rings is 2. The van der Waals surface area contributed by atoms with Gasteiger partial charge in [-0.2, -0.15) is 4.72 Å². The fraction of sp³-hybridized carbons (Fsp3) is 0.462. The number of amides is 1. The zero-order chi connectivity index (χ0) is 25.6. The smallest absolute Gasteiger partial charge is 0.241 e. The van der Waals surface area contributed by atoms with Crippen LogP contribution in [0.25, 0.3) is 0 Å². The molecule has 1 aliphatic rings. The molecule has 0 aromatic heterocycles. The van der Waals surface area contributed by atoms with Crippen LogP contribution in [0.4, 0.5) is 0 Å². The third-order valence-corrected chi connectivity index (χ3v) is 8.01. The molecule has 0 bridgehead atoms. The van der Waals surface area contributed by atoms with Crippen LogP contribution in [-0.4, -0.2) is 50.2 Å². The van der Waals surface area contributed by atoms with Gasteiger partial charge in [0.15, 0.2) is 5.78 Å². The van der Waals surface area contributed by atoms with Gasteiger partial charge in [-0.15, -0.1) is 0 Å². The Morgan fingerprint density at radius 2 is 1.89 bits per heavy atom. The van der Waals surface area contributed by atoms with E-state index in [4.69, 9.17) is 17.3 Å². The summed E-state index contributed by atoms with van der Waals surface area (Å²) in [5.74, 6) is -0.355. The van der Waals surface area contributed by atoms with Crippen molar-refractivity contribution < 1.29 is 18.0 Å². The normalized spacial score (nSPS) is 17.1. The summed E-state index contributed by atoms with van der Waals surface area (Å²) in [5, 5.41) is 0.576. The number of halogens is 1. The van der Waals surface area contributed by atoms with Gasteiger partial charge in [-0.3, -0.25) is 9.59 Å². The Morgan fingerprint density at radius 1 is 1.17 bits per heavy atom. The molecule has 1 saturated heterocycles. The molecule has 190 valence electrons. The van der Waals surface area contributed by atoms with Crippen LogP contribution in [0.2, 0.25) is 5.02 Å². The third kappa shape index (κ3) is 7.13. The molecule has 0 spiro atoms. The highest BCUT2D eigenvalue weighted by molar-refractivity contribution is 7.89. The lowest BCUT2D eigenvalue weighted by Gasteiger charge is -2.29. The highest BCUT2D eigenvalue weighted by Crippen LogP contribution is 2.24. The van der Waals surface area contributed by atoms with Crippen LogP contribution < -0.4 is 10.5 Å². The second-order valence-electron chi connectivity index (χ2n) is 9.41. The topological polar surface area (TPSA) is 110 Å². The van der Waals surface area contributed by atoms with E-state index in [1.807, 2.05) is 26.0 Å². The van der Waals surface area contributed by atoms with E-state index in [9.17, 15) is 18.0 Å². The molecule has 1 fully saturated rings. The van der Waals surface area contributed by atoms with E-state index in [1.165, 1.54) is 12.1 Å². The summed E-state index contributed by atoms with van der Waals surface area (Å²) in [6.45, 7) is 4.78. The van der Waals surface area contributed by atoms with Gasteiger partial charge in [0.05, 0.1) is 10.9 Å². The van der Waals surface area contributed by atoms with E-state index in [2.05, 4.69) is 4.72 Å². The minimum absolute atomic E-state index is 0.0762. The molecule has 0 aliphatic carbocycles. The van der Waals surface area contributed by atoms with Crippen LogP contribution in [0.15, 0.2) is 53.4 Å². The summed E-state index contributed by atoms with van der Waals surface area (Å²) < 4.78 is 28.5. The van der Waals surface area contributed by atoms with Crippen molar-refractivity contribution in [2.24, 2.45) is 11.7 Å². The number of nitrogens with two attached hydrogens (primary N) is 1. The Hall–Kier alpha value is -2.26. The summed E-state index contributed by atoms with van der Waals surface area (Å²) in [7, 11) is -3.89. The number of nitrogens with zero attached hydrogens (tertiary/aromatic N) is 1. The molecule has 0 saturated carbocycles. The van der Waals surface area contributed by atoms with Crippen LogP contribution in [0.3, 0.4) is 0 Å². The van der Waals surface area contributed by atoms with Crippen LogP contribution in [-0.2, 0) is 32.5 Å². The maximum absolute atomic E-state index is 13.5. The Morgan fingerprint density at radius 3 is 2.51 bits per heavy atom. The lowest BCUT2D eigenvalue weighted by Crippen LogP contribution is -2.52. The number of hydrogen-bond donors (Lipinski definition) is 2. The van der Waals surface area contributed by atoms with Gasteiger partial charge in [-0.25, -0.2) is 8.42 Å². The first-order chi connectivity index (χ1) is 16.6. The van der Waals surface area contributed by atoms with Crippen molar-refractivity contribution in [1.82, 2.24) is 9.62 Å². The molecule has 2 aromatic rings. The van der Waals surface area contributed by atoms with Crippen molar-refractivity contribution >= 4 is 33.3 Å². The van der Waals surface area contributed by atoms with Gasteiger partial charge in [0.1, 0.15) is 6.04 Å². The Bertz CT molecular complexity index is 1140. The van der Waals surface area contributed by atoms with Crippen molar-refractivity contribution in [1.29, 1.82) is 0 Å². The molecule has 2 aromatic carbocycles. The Balaban J connectivity index is 1.76. The van der Waals surface area contributed by atoms with Gasteiger partial charge < -0.3 is 10.6 Å². The second kappa shape index (κ2) is 12.1. The van der Waals surface area contributed by atoms with E-state index in [0.717, 1.165) is 11.1 Å². The molecule has 2 atom stereocenters. The van der Waals surface area contributed by atoms with Crippen LogP contribution >= 0.6 is 11.6 Å². The van der Waals surface area contributed by atoms with Crippen molar-refractivity contribution in [3.05, 3.63) is 64.7 Å². The average molecular weight is 520 g/mol. The molecule has 1 heterocycles.